The number of carbonyl (C=O) groups is 1. The highest BCUT2D eigenvalue weighted by molar-refractivity contribution is 6.02. The highest BCUT2D eigenvalue weighted by Crippen LogP contribution is 2.25. The van der Waals surface area contributed by atoms with Gasteiger partial charge in [0.2, 0.25) is 0 Å². The molecule has 4 rings (SSSR count). The van der Waals surface area contributed by atoms with E-state index in [4.69, 9.17) is 4.99 Å². The molecule has 2 aromatic heterocycles. The largest absolute Gasteiger partial charge is 0.356 e. The molecular formula is C22H26N4O. The average molecular weight is 362 g/mol. The number of nitrogens with zero attached hydrogens (tertiary/aromatic N) is 4. The van der Waals surface area contributed by atoms with Gasteiger partial charge in [-0.05, 0) is 43.0 Å². The van der Waals surface area contributed by atoms with E-state index in [9.17, 15) is 4.79 Å². The maximum Gasteiger partial charge on any atom is 0.139 e. The molecule has 0 aliphatic carbocycles. The average Bonchev–Trinajstić information content (AvgIpc) is 3.36. The number of pyridine rings is 2. The van der Waals surface area contributed by atoms with Crippen LogP contribution in [0.1, 0.15) is 61.0 Å². The molecule has 1 fully saturated rings. The molecular weight excluding hydrogens is 336 g/mol. The highest BCUT2D eigenvalue weighted by Gasteiger charge is 2.25. The lowest BCUT2D eigenvalue weighted by Crippen LogP contribution is -2.27. The number of rotatable bonds is 6. The summed E-state index contributed by atoms with van der Waals surface area (Å²) in [5.74, 6) is 1.49. The fourth-order valence-electron chi connectivity index (χ4n) is 4.04. The predicted octanol–water partition coefficient (Wildman–Crippen LogP) is 3.53. The first-order valence-corrected chi connectivity index (χ1v) is 9.94. The van der Waals surface area contributed by atoms with Crippen LogP contribution in [0.2, 0.25) is 0 Å². The van der Waals surface area contributed by atoms with Crippen molar-refractivity contribution in [3.63, 3.8) is 0 Å². The summed E-state index contributed by atoms with van der Waals surface area (Å²) in [5, 5.41) is 0. The third kappa shape index (κ3) is 3.92. The molecule has 2 aromatic rings. The number of hydrogen-bond donors (Lipinski definition) is 0. The first kappa shape index (κ1) is 17.8. The molecule has 0 bridgehead atoms. The van der Waals surface area contributed by atoms with Crippen LogP contribution in [-0.2, 0) is 17.8 Å². The van der Waals surface area contributed by atoms with Gasteiger partial charge in [-0.25, -0.2) is 0 Å². The van der Waals surface area contributed by atoms with Crippen molar-refractivity contribution in [3.8, 4) is 0 Å². The second-order valence-electron chi connectivity index (χ2n) is 7.45. The Labute approximate surface area is 160 Å². The second-order valence-corrected chi connectivity index (χ2v) is 7.45. The molecule has 2 aliphatic rings. The van der Waals surface area contributed by atoms with Crippen molar-refractivity contribution in [2.24, 2.45) is 4.99 Å². The molecule has 5 heteroatoms. The fourth-order valence-corrected chi connectivity index (χ4v) is 4.04. The molecule has 27 heavy (non-hydrogen) atoms. The first-order chi connectivity index (χ1) is 13.2. The maximum atomic E-state index is 12.6. The van der Waals surface area contributed by atoms with Crippen LogP contribution < -0.4 is 0 Å². The Morgan fingerprint density at radius 1 is 1.22 bits per heavy atom. The van der Waals surface area contributed by atoms with Gasteiger partial charge < -0.3 is 4.90 Å². The van der Waals surface area contributed by atoms with Gasteiger partial charge in [-0.15, -0.1) is 0 Å². The summed E-state index contributed by atoms with van der Waals surface area (Å²) in [4.78, 5) is 28.7. The number of aliphatic imine (C=N–C) groups is 1. The van der Waals surface area contributed by atoms with Gasteiger partial charge in [0.25, 0.3) is 0 Å². The first-order valence-electron chi connectivity index (χ1n) is 9.94. The van der Waals surface area contributed by atoms with Crippen LogP contribution in [0.5, 0.6) is 0 Å². The maximum absolute atomic E-state index is 12.6. The Balaban J connectivity index is 1.41. The summed E-state index contributed by atoms with van der Waals surface area (Å²) in [6.07, 6.45) is 8.00. The fraction of sp³-hybridized carbons (Fsp3) is 0.455. The Morgan fingerprint density at radius 2 is 2.07 bits per heavy atom. The summed E-state index contributed by atoms with van der Waals surface area (Å²) in [5.41, 5.74) is 4.20. The molecule has 140 valence electrons. The Kier molecular flexibility index (Phi) is 5.28. The number of Topliss-reactive ketones (excluding diaryl/α,β-unsaturated/α-hetero) is 1. The predicted molar refractivity (Wildman–Crippen MR) is 106 cm³/mol. The van der Waals surface area contributed by atoms with E-state index < -0.39 is 0 Å². The van der Waals surface area contributed by atoms with E-state index in [0.29, 0.717) is 19.4 Å². The van der Waals surface area contributed by atoms with Crippen molar-refractivity contribution < 1.29 is 4.79 Å². The minimum Gasteiger partial charge on any atom is -0.356 e. The highest BCUT2D eigenvalue weighted by atomic mass is 16.1. The van der Waals surface area contributed by atoms with E-state index >= 15 is 0 Å². The monoisotopic (exact) mass is 362 g/mol. The number of amidine groups is 1. The van der Waals surface area contributed by atoms with E-state index in [0.717, 1.165) is 42.3 Å². The van der Waals surface area contributed by atoms with Gasteiger partial charge in [0.15, 0.2) is 0 Å². The number of fused-ring (bicyclic) bond motifs is 1. The van der Waals surface area contributed by atoms with Crippen LogP contribution >= 0.6 is 0 Å². The van der Waals surface area contributed by atoms with Crippen molar-refractivity contribution in [2.45, 2.75) is 51.5 Å². The van der Waals surface area contributed by atoms with Gasteiger partial charge in [0.1, 0.15) is 11.6 Å². The third-order valence-electron chi connectivity index (χ3n) is 5.54. The van der Waals surface area contributed by atoms with Crippen LogP contribution in [0, 0.1) is 0 Å². The Bertz CT molecular complexity index is 841. The summed E-state index contributed by atoms with van der Waals surface area (Å²) in [6.45, 7) is 4.99. The van der Waals surface area contributed by atoms with Crippen LogP contribution in [0.15, 0.2) is 41.7 Å². The second kappa shape index (κ2) is 7.99. The van der Waals surface area contributed by atoms with Crippen molar-refractivity contribution in [1.29, 1.82) is 0 Å². The Hall–Kier alpha value is -2.56. The smallest absolute Gasteiger partial charge is 0.139 e. The molecule has 1 saturated heterocycles. The zero-order valence-electron chi connectivity index (χ0n) is 15.9. The number of carbonyl (C=O) groups excluding carboxylic acids is 1. The van der Waals surface area contributed by atoms with E-state index in [1.54, 1.807) is 6.20 Å². The van der Waals surface area contributed by atoms with Crippen LogP contribution in [0.4, 0.5) is 0 Å². The summed E-state index contributed by atoms with van der Waals surface area (Å²) >= 11 is 0. The van der Waals surface area contributed by atoms with Crippen LogP contribution in [0.3, 0.4) is 0 Å². The molecule has 0 spiro atoms. The van der Waals surface area contributed by atoms with E-state index in [2.05, 4.69) is 27.9 Å². The lowest BCUT2D eigenvalue weighted by molar-refractivity contribution is -0.118. The summed E-state index contributed by atoms with van der Waals surface area (Å²) in [7, 11) is 0. The standard InChI is InChI=1S/C22H26N4O/c1-2-16(21-7-3-4-8-23-21)12-19(27)13-18-11-17-14-25-22(20(17)15-24-18)26-9-5-6-10-26/h3-4,7-8,11,15-16H,2,5-6,9-10,12-14H2,1H3/t16-/m0/s1. The van der Waals surface area contributed by atoms with E-state index in [-0.39, 0.29) is 11.7 Å². The molecule has 0 amide bonds. The quantitative estimate of drug-likeness (QED) is 0.789. The van der Waals surface area contributed by atoms with Crippen molar-refractivity contribution >= 4 is 11.6 Å². The molecule has 0 aromatic carbocycles. The lowest BCUT2D eigenvalue weighted by Gasteiger charge is -2.18. The zero-order chi connectivity index (χ0) is 18.6. The molecule has 4 heterocycles. The lowest BCUT2D eigenvalue weighted by atomic mass is 9.93. The van der Waals surface area contributed by atoms with Gasteiger partial charge in [-0.3, -0.25) is 19.8 Å². The van der Waals surface area contributed by atoms with Crippen molar-refractivity contribution in [1.82, 2.24) is 14.9 Å². The number of likely N-dealkylation sites (tertiary alicyclic amines) is 1. The third-order valence-corrected chi connectivity index (χ3v) is 5.54. The normalized spacial score (nSPS) is 16.9. The van der Waals surface area contributed by atoms with Crippen molar-refractivity contribution in [2.75, 3.05) is 13.1 Å². The summed E-state index contributed by atoms with van der Waals surface area (Å²) < 4.78 is 0. The molecule has 5 nitrogen and oxygen atoms in total. The van der Waals surface area contributed by atoms with E-state index in [1.807, 2.05) is 24.4 Å². The zero-order valence-corrected chi connectivity index (χ0v) is 15.9. The number of hydrogen-bond acceptors (Lipinski definition) is 5. The minimum absolute atomic E-state index is 0.179. The molecule has 1 atom stereocenters. The number of ketones is 1. The number of aromatic nitrogens is 2. The summed E-state index contributed by atoms with van der Waals surface area (Å²) in [6, 6.07) is 7.97. The Morgan fingerprint density at radius 3 is 2.81 bits per heavy atom. The van der Waals surface area contributed by atoms with Gasteiger partial charge in [0, 0.05) is 61.2 Å². The van der Waals surface area contributed by atoms with Gasteiger partial charge >= 0.3 is 0 Å². The molecule has 0 N–H and O–H groups in total. The van der Waals surface area contributed by atoms with Crippen LogP contribution in [0.25, 0.3) is 0 Å². The molecule has 2 aliphatic heterocycles. The van der Waals surface area contributed by atoms with Crippen molar-refractivity contribution in [3.05, 3.63) is 59.2 Å². The SMILES string of the molecule is CC[C@@H](CC(=O)Cc1cc2c(cn1)C(N1CCCC1)=NC2)c1ccccn1. The van der Waals surface area contributed by atoms with Gasteiger partial charge in [-0.2, -0.15) is 0 Å². The van der Waals surface area contributed by atoms with E-state index in [1.165, 1.54) is 18.4 Å². The molecule has 0 unspecified atom stereocenters. The van der Waals surface area contributed by atoms with Crippen LogP contribution in [-0.4, -0.2) is 39.6 Å². The minimum atomic E-state index is 0.179. The molecule has 0 saturated carbocycles. The van der Waals surface area contributed by atoms with Gasteiger partial charge in [0.05, 0.1) is 6.54 Å². The molecule has 0 radical (unpaired) electrons. The van der Waals surface area contributed by atoms with Gasteiger partial charge in [-0.1, -0.05) is 13.0 Å². The topological polar surface area (TPSA) is 58.5 Å².